The second kappa shape index (κ2) is 10.2. The lowest BCUT2D eigenvalue weighted by atomic mass is 10.1. The van der Waals surface area contributed by atoms with Gasteiger partial charge in [0.25, 0.3) is 0 Å². The number of hydrogen-bond donors (Lipinski definition) is 2. The molecule has 2 N–H and O–H groups in total. The Morgan fingerprint density at radius 3 is 2.53 bits per heavy atom. The molecule has 168 valence electrons. The third-order valence-electron chi connectivity index (χ3n) is 5.12. The molecule has 4 rings (SSSR count). The van der Waals surface area contributed by atoms with Crippen molar-refractivity contribution in [1.82, 2.24) is 19.9 Å². The number of nitrogens with one attached hydrogen (secondary N) is 2. The summed E-state index contributed by atoms with van der Waals surface area (Å²) < 4.78 is 0. The summed E-state index contributed by atoms with van der Waals surface area (Å²) in [5.74, 6) is 2.39. The molecule has 9 heteroatoms. The van der Waals surface area contributed by atoms with Crippen LogP contribution in [-0.4, -0.2) is 65.2 Å². The van der Waals surface area contributed by atoms with Crippen molar-refractivity contribution in [3.63, 3.8) is 0 Å². The van der Waals surface area contributed by atoms with Gasteiger partial charge >= 0.3 is 0 Å². The second-order valence-electron chi connectivity index (χ2n) is 8.48. The monoisotopic (exact) mass is 451 g/mol. The van der Waals surface area contributed by atoms with E-state index >= 15 is 0 Å². The van der Waals surface area contributed by atoms with Crippen molar-refractivity contribution < 1.29 is 4.79 Å². The zero-order valence-corrected chi connectivity index (χ0v) is 19.6. The molecule has 1 aliphatic heterocycles. The number of ketones is 1. The molecule has 1 saturated carbocycles. The van der Waals surface area contributed by atoms with Crippen LogP contribution in [0, 0.1) is 5.92 Å². The van der Waals surface area contributed by atoms with Gasteiger partial charge in [-0.3, -0.25) is 9.79 Å². The summed E-state index contributed by atoms with van der Waals surface area (Å²) in [6, 6.07) is 8.06. The largest absolute Gasteiger partial charge is 0.353 e. The molecule has 0 spiro atoms. The van der Waals surface area contributed by atoms with E-state index in [-0.39, 0.29) is 0 Å². The number of benzene rings is 1. The van der Waals surface area contributed by atoms with Crippen LogP contribution in [0.3, 0.4) is 0 Å². The highest BCUT2D eigenvalue weighted by Gasteiger charge is 2.29. The van der Waals surface area contributed by atoms with Crippen LogP contribution in [0.15, 0.2) is 51.0 Å². The highest BCUT2D eigenvalue weighted by molar-refractivity contribution is 7.99. The summed E-state index contributed by atoms with van der Waals surface area (Å²) in [5.41, 5.74) is 2.25. The Balaban J connectivity index is 1.46. The van der Waals surface area contributed by atoms with Gasteiger partial charge in [0, 0.05) is 30.3 Å². The van der Waals surface area contributed by atoms with Gasteiger partial charge in [-0.15, -0.1) is 0 Å². The summed E-state index contributed by atoms with van der Waals surface area (Å²) in [5, 5.41) is 7.06. The Hall–Kier alpha value is -2.78. The number of carbonyl (C=O) groups is 1. The Morgan fingerprint density at radius 1 is 1.12 bits per heavy atom. The van der Waals surface area contributed by atoms with Crippen LogP contribution in [0.5, 0.6) is 0 Å². The first-order valence-electron chi connectivity index (χ1n) is 10.9. The van der Waals surface area contributed by atoms with Crippen molar-refractivity contribution in [3.05, 3.63) is 41.5 Å². The van der Waals surface area contributed by atoms with E-state index in [0.29, 0.717) is 41.7 Å². The van der Waals surface area contributed by atoms with E-state index in [1.54, 1.807) is 0 Å². The lowest BCUT2D eigenvalue weighted by Crippen LogP contribution is -2.22. The minimum Gasteiger partial charge on any atom is -0.353 e. The average molecular weight is 452 g/mol. The van der Waals surface area contributed by atoms with Gasteiger partial charge in [-0.2, -0.15) is 15.0 Å². The minimum atomic E-state index is 0.293. The molecule has 0 bridgehead atoms. The van der Waals surface area contributed by atoms with E-state index in [1.807, 2.05) is 51.4 Å². The Morgan fingerprint density at radius 2 is 1.88 bits per heavy atom. The summed E-state index contributed by atoms with van der Waals surface area (Å²) in [4.78, 5) is 33.3. The predicted octanol–water partition coefficient (Wildman–Crippen LogP) is 3.29. The number of Topliss-reactive ketones (excluding diaryl/α,β-unsaturated/α-hetero) is 1. The van der Waals surface area contributed by atoms with Gasteiger partial charge in [0.05, 0.1) is 6.54 Å². The zero-order valence-electron chi connectivity index (χ0n) is 18.8. The lowest BCUT2D eigenvalue weighted by Gasteiger charge is -2.12. The molecule has 8 nitrogen and oxygen atoms in total. The molecule has 0 saturated heterocycles. The number of likely N-dealkylation sites (N-methyl/N-ethyl adjacent to an activating group) is 1. The standard InChI is InChI=1S/C23H29N7OS/c1-15-12-20(25-14-15)26-22-27-21(24-10-11-30(2)3)28-23(29-22)32-18-8-4-16(5-9-18)13-19(31)17-6-7-17/h4-5,8-9,12,17H,6-7,10-11,13-14H2,1-3H3,(H2,24,25,26,27,28,29). The molecule has 0 atom stereocenters. The molecule has 2 heterocycles. The van der Waals surface area contributed by atoms with E-state index < -0.39 is 0 Å². The highest BCUT2D eigenvalue weighted by Crippen LogP contribution is 2.31. The number of carbonyl (C=O) groups excluding carboxylic acids is 1. The molecule has 0 unspecified atom stereocenters. The van der Waals surface area contributed by atoms with Gasteiger partial charge in [0.15, 0.2) is 5.16 Å². The maximum absolute atomic E-state index is 12.1. The van der Waals surface area contributed by atoms with Crippen molar-refractivity contribution in [1.29, 1.82) is 0 Å². The molecule has 1 fully saturated rings. The van der Waals surface area contributed by atoms with Crippen molar-refractivity contribution in [2.45, 2.75) is 36.2 Å². The SMILES string of the molecule is CC1=CC(Nc2nc(NCCN(C)C)nc(Sc3ccc(CC(=O)C4CC4)cc3)n2)=NC1. The van der Waals surface area contributed by atoms with Gasteiger partial charge < -0.3 is 15.5 Å². The van der Waals surface area contributed by atoms with Crippen molar-refractivity contribution >= 4 is 35.3 Å². The first kappa shape index (κ1) is 22.4. The van der Waals surface area contributed by atoms with E-state index in [9.17, 15) is 4.79 Å². The molecule has 2 aliphatic rings. The summed E-state index contributed by atoms with van der Waals surface area (Å²) >= 11 is 1.47. The summed E-state index contributed by atoms with van der Waals surface area (Å²) in [6.45, 7) is 4.33. The van der Waals surface area contributed by atoms with Crippen LogP contribution in [0.4, 0.5) is 11.9 Å². The van der Waals surface area contributed by atoms with Crippen molar-refractivity contribution in [2.24, 2.45) is 10.9 Å². The summed E-state index contributed by atoms with van der Waals surface area (Å²) in [7, 11) is 4.05. The number of amidine groups is 1. The first-order valence-corrected chi connectivity index (χ1v) is 11.7. The molecular weight excluding hydrogens is 422 g/mol. The molecule has 1 aliphatic carbocycles. The van der Waals surface area contributed by atoms with Crippen LogP contribution < -0.4 is 10.6 Å². The third kappa shape index (κ3) is 6.61. The Labute approximate surface area is 193 Å². The van der Waals surface area contributed by atoms with E-state index in [4.69, 9.17) is 0 Å². The molecule has 1 aromatic carbocycles. The Kier molecular flexibility index (Phi) is 7.16. The molecule has 2 aromatic rings. The number of aromatic nitrogens is 3. The number of nitrogens with zero attached hydrogens (tertiary/aromatic N) is 5. The molecular formula is C23H29N7OS. The molecule has 0 radical (unpaired) electrons. The fraction of sp³-hybridized carbons (Fsp3) is 0.435. The van der Waals surface area contributed by atoms with Gasteiger partial charge in [-0.25, -0.2) is 0 Å². The van der Waals surface area contributed by atoms with Crippen LogP contribution in [0.2, 0.25) is 0 Å². The first-order chi connectivity index (χ1) is 15.4. The average Bonchev–Trinajstić information content (AvgIpc) is 3.52. The maximum atomic E-state index is 12.1. The van der Waals surface area contributed by atoms with E-state index in [0.717, 1.165) is 42.2 Å². The van der Waals surface area contributed by atoms with Crippen LogP contribution in [-0.2, 0) is 11.2 Å². The topological polar surface area (TPSA) is 95.4 Å². The van der Waals surface area contributed by atoms with Gasteiger partial charge in [-0.1, -0.05) is 12.1 Å². The quantitative estimate of drug-likeness (QED) is 0.568. The summed E-state index contributed by atoms with van der Waals surface area (Å²) in [6.07, 6.45) is 4.62. The predicted molar refractivity (Wildman–Crippen MR) is 129 cm³/mol. The number of anilines is 2. The van der Waals surface area contributed by atoms with Gasteiger partial charge in [0.2, 0.25) is 11.9 Å². The second-order valence-corrected chi connectivity index (χ2v) is 9.52. The Bertz CT molecular complexity index is 1030. The molecule has 1 aromatic heterocycles. The lowest BCUT2D eigenvalue weighted by molar-refractivity contribution is -0.119. The van der Waals surface area contributed by atoms with Gasteiger partial charge in [-0.05, 0) is 75.0 Å². The van der Waals surface area contributed by atoms with E-state index in [1.165, 1.54) is 17.3 Å². The van der Waals surface area contributed by atoms with Crippen molar-refractivity contribution in [2.75, 3.05) is 44.4 Å². The smallest absolute Gasteiger partial charge is 0.234 e. The van der Waals surface area contributed by atoms with Gasteiger partial charge in [0.1, 0.15) is 11.6 Å². The molecule has 0 amide bonds. The van der Waals surface area contributed by atoms with Crippen LogP contribution >= 0.6 is 11.8 Å². The maximum Gasteiger partial charge on any atom is 0.234 e. The highest BCUT2D eigenvalue weighted by atomic mass is 32.2. The number of aliphatic imine (C=N–C) groups is 1. The third-order valence-corrected chi connectivity index (χ3v) is 6.00. The van der Waals surface area contributed by atoms with Crippen LogP contribution in [0.1, 0.15) is 25.3 Å². The van der Waals surface area contributed by atoms with Crippen LogP contribution in [0.25, 0.3) is 0 Å². The minimum absolute atomic E-state index is 0.293. The van der Waals surface area contributed by atoms with E-state index in [2.05, 4.69) is 35.5 Å². The fourth-order valence-corrected chi connectivity index (χ4v) is 3.93. The normalized spacial score (nSPS) is 15.5. The number of hydrogen-bond acceptors (Lipinski definition) is 9. The number of rotatable bonds is 10. The zero-order chi connectivity index (χ0) is 22.5. The fourth-order valence-electron chi connectivity index (χ4n) is 3.18. The van der Waals surface area contributed by atoms with Crippen molar-refractivity contribution in [3.8, 4) is 0 Å². The molecule has 32 heavy (non-hydrogen) atoms.